The number of benzene rings is 2. The summed E-state index contributed by atoms with van der Waals surface area (Å²) in [7, 11) is 1.58. The van der Waals surface area contributed by atoms with Crippen LogP contribution < -0.4 is 4.74 Å². The molecule has 2 aromatic rings. The Labute approximate surface area is 135 Å². The van der Waals surface area contributed by atoms with Gasteiger partial charge in [-0.3, -0.25) is 0 Å². The molecular weight excluding hydrogens is 290 g/mol. The fourth-order valence-electron chi connectivity index (χ4n) is 1.91. The highest BCUT2D eigenvalue weighted by Gasteiger charge is 2.11. The number of nitriles is 1. The van der Waals surface area contributed by atoms with Crippen molar-refractivity contribution in [3.05, 3.63) is 70.8 Å². The van der Waals surface area contributed by atoms with Crippen LogP contribution in [0.3, 0.4) is 0 Å². The average Bonchev–Trinajstić information content (AvgIpc) is 2.59. The Hall–Kier alpha value is -3.06. The minimum absolute atomic E-state index is 0.0396. The van der Waals surface area contributed by atoms with Crippen molar-refractivity contribution >= 4 is 12.0 Å². The van der Waals surface area contributed by atoms with Gasteiger partial charge in [0.2, 0.25) is 0 Å². The monoisotopic (exact) mass is 307 g/mol. The van der Waals surface area contributed by atoms with E-state index in [1.165, 1.54) is 6.08 Å². The van der Waals surface area contributed by atoms with Gasteiger partial charge in [0.1, 0.15) is 24.0 Å². The second-order valence-electron chi connectivity index (χ2n) is 5.00. The first-order valence-electron chi connectivity index (χ1n) is 7.11. The predicted octanol–water partition coefficient (Wildman–Crippen LogP) is 3.65. The lowest BCUT2D eigenvalue weighted by Crippen LogP contribution is -2.06. The van der Waals surface area contributed by atoms with Gasteiger partial charge in [-0.2, -0.15) is 5.26 Å². The van der Waals surface area contributed by atoms with Gasteiger partial charge in [-0.05, 0) is 36.3 Å². The number of methoxy groups -OCH3 is 1. The van der Waals surface area contributed by atoms with Crippen molar-refractivity contribution in [1.29, 1.82) is 5.26 Å². The number of carbonyl (C=O) groups is 1. The van der Waals surface area contributed by atoms with E-state index in [0.29, 0.717) is 5.75 Å². The van der Waals surface area contributed by atoms with Crippen molar-refractivity contribution < 1.29 is 14.3 Å². The standard InChI is InChI=1S/C19H17NO3/c1-14-3-5-16(6-4-14)13-23-19(21)17(12-20)11-15-7-9-18(22-2)10-8-15/h3-11H,13H2,1-2H3. The molecule has 0 radical (unpaired) electrons. The molecule has 116 valence electrons. The molecule has 0 aromatic heterocycles. The lowest BCUT2D eigenvalue weighted by atomic mass is 10.1. The van der Waals surface area contributed by atoms with Gasteiger partial charge in [0.05, 0.1) is 7.11 Å². The minimum Gasteiger partial charge on any atom is -0.497 e. The summed E-state index contributed by atoms with van der Waals surface area (Å²) in [6.45, 7) is 2.13. The van der Waals surface area contributed by atoms with Crippen molar-refractivity contribution in [3.8, 4) is 11.8 Å². The van der Waals surface area contributed by atoms with Crippen LogP contribution in [0, 0.1) is 18.3 Å². The number of esters is 1. The molecule has 0 saturated carbocycles. The Balaban J connectivity index is 2.04. The fourth-order valence-corrected chi connectivity index (χ4v) is 1.91. The van der Waals surface area contributed by atoms with Crippen LogP contribution in [-0.4, -0.2) is 13.1 Å². The van der Waals surface area contributed by atoms with Crippen molar-refractivity contribution in [3.63, 3.8) is 0 Å². The first-order valence-corrected chi connectivity index (χ1v) is 7.11. The summed E-state index contributed by atoms with van der Waals surface area (Å²) in [6.07, 6.45) is 1.50. The lowest BCUT2D eigenvalue weighted by Gasteiger charge is -2.05. The SMILES string of the molecule is COc1ccc(C=C(C#N)C(=O)OCc2ccc(C)cc2)cc1. The van der Waals surface area contributed by atoms with Gasteiger partial charge in [-0.1, -0.05) is 42.0 Å². The molecule has 0 heterocycles. The molecule has 0 atom stereocenters. The maximum absolute atomic E-state index is 12.0. The number of nitrogens with zero attached hydrogens (tertiary/aromatic N) is 1. The molecule has 0 N–H and O–H groups in total. The van der Waals surface area contributed by atoms with Crippen LogP contribution in [0.4, 0.5) is 0 Å². The summed E-state index contributed by atoms with van der Waals surface area (Å²) in [6, 6.07) is 16.6. The van der Waals surface area contributed by atoms with Gasteiger partial charge in [0, 0.05) is 0 Å². The normalized spacial score (nSPS) is 10.7. The van der Waals surface area contributed by atoms with Crippen molar-refractivity contribution in [1.82, 2.24) is 0 Å². The number of hydrogen-bond acceptors (Lipinski definition) is 4. The van der Waals surface area contributed by atoms with Crippen LogP contribution in [0.25, 0.3) is 6.08 Å². The molecule has 0 amide bonds. The zero-order valence-electron chi connectivity index (χ0n) is 13.1. The van der Waals surface area contributed by atoms with Gasteiger partial charge >= 0.3 is 5.97 Å². The lowest BCUT2D eigenvalue weighted by molar-refractivity contribution is -0.139. The summed E-state index contributed by atoms with van der Waals surface area (Å²) >= 11 is 0. The Kier molecular flexibility index (Phi) is 5.54. The van der Waals surface area contributed by atoms with Crippen LogP contribution in [0.5, 0.6) is 5.75 Å². The molecule has 0 fully saturated rings. The number of ether oxygens (including phenoxy) is 2. The van der Waals surface area contributed by atoms with Crippen LogP contribution in [0.2, 0.25) is 0 Å². The topological polar surface area (TPSA) is 59.3 Å². The Bertz CT molecular complexity index is 738. The minimum atomic E-state index is -0.635. The molecule has 0 aliphatic carbocycles. The molecule has 0 saturated heterocycles. The molecule has 0 unspecified atom stereocenters. The molecule has 0 spiro atoms. The second-order valence-corrected chi connectivity index (χ2v) is 5.00. The van der Waals surface area contributed by atoms with E-state index in [4.69, 9.17) is 14.7 Å². The smallest absolute Gasteiger partial charge is 0.349 e. The summed E-state index contributed by atoms with van der Waals surface area (Å²) in [4.78, 5) is 12.0. The van der Waals surface area contributed by atoms with Crippen LogP contribution >= 0.6 is 0 Å². The van der Waals surface area contributed by atoms with Crippen LogP contribution in [0.15, 0.2) is 54.1 Å². The zero-order valence-corrected chi connectivity index (χ0v) is 13.1. The van der Waals surface area contributed by atoms with E-state index < -0.39 is 5.97 Å². The van der Waals surface area contributed by atoms with E-state index in [2.05, 4.69) is 0 Å². The quantitative estimate of drug-likeness (QED) is 0.480. The Morgan fingerprint density at radius 3 is 2.35 bits per heavy atom. The van der Waals surface area contributed by atoms with Gasteiger partial charge in [-0.25, -0.2) is 4.79 Å². The molecule has 0 aliphatic heterocycles. The number of aryl methyl sites for hydroxylation is 1. The van der Waals surface area contributed by atoms with E-state index in [9.17, 15) is 4.79 Å². The largest absolute Gasteiger partial charge is 0.497 e. The van der Waals surface area contributed by atoms with Crippen LogP contribution in [0.1, 0.15) is 16.7 Å². The summed E-state index contributed by atoms with van der Waals surface area (Å²) < 4.78 is 10.3. The maximum atomic E-state index is 12.0. The van der Waals surface area contributed by atoms with E-state index >= 15 is 0 Å². The number of hydrogen-bond donors (Lipinski definition) is 0. The predicted molar refractivity (Wildman–Crippen MR) is 87.6 cm³/mol. The van der Waals surface area contributed by atoms with Crippen LogP contribution in [-0.2, 0) is 16.1 Å². The molecule has 0 bridgehead atoms. The summed E-state index contributed by atoms with van der Waals surface area (Å²) in [5.74, 6) is 0.0755. The third kappa shape index (κ3) is 4.72. The molecule has 4 nitrogen and oxygen atoms in total. The zero-order chi connectivity index (χ0) is 16.7. The fraction of sp³-hybridized carbons (Fsp3) is 0.158. The molecule has 23 heavy (non-hydrogen) atoms. The Morgan fingerprint density at radius 2 is 1.78 bits per heavy atom. The first-order chi connectivity index (χ1) is 11.1. The Morgan fingerprint density at radius 1 is 1.13 bits per heavy atom. The highest BCUT2D eigenvalue weighted by atomic mass is 16.5. The van der Waals surface area contributed by atoms with Gasteiger partial charge in [-0.15, -0.1) is 0 Å². The number of rotatable bonds is 5. The van der Waals surface area contributed by atoms with E-state index in [1.54, 1.807) is 31.4 Å². The molecule has 4 heteroatoms. The second kappa shape index (κ2) is 7.81. The van der Waals surface area contributed by atoms with E-state index in [0.717, 1.165) is 16.7 Å². The maximum Gasteiger partial charge on any atom is 0.349 e. The molecular formula is C19H17NO3. The van der Waals surface area contributed by atoms with Gasteiger partial charge in [0.15, 0.2) is 0 Å². The van der Waals surface area contributed by atoms with E-state index in [1.807, 2.05) is 37.3 Å². The van der Waals surface area contributed by atoms with Crippen molar-refractivity contribution in [2.45, 2.75) is 13.5 Å². The first kappa shape index (κ1) is 16.3. The third-order valence-corrected chi connectivity index (χ3v) is 3.26. The van der Waals surface area contributed by atoms with Gasteiger partial charge < -0.3 is 9.47 Å². The van der Waals surface area contributed by atoms with Crippen molar-refractivity contribution in [2.75, 3.05) is 7.11 Å². The molecule has 0 aliphatic rings. The third-order valence-electron chi connectivity index (χ3n) is 3.26. The summed E-state index contributed by atoms with van der Waals surface area (Å²) in [5.41, 5.74) is 2.71. The highest BCUT2D eigenvalue weighted by molar-refractivity contribution is 5.97. The molecule has 2 rings (SSSR count). The summed E-state index contributed by atoms with van der Waals surface area (Å²) in [5, 5.41) is 9.15. The highest BCUT2D eigenvalue weighted by Crippen LogP contribution is 2.15. The molecule has 2 aromatic carbocycles. The van der Waals surface area contributed by atoms with E-state index in [-0.39, 0.29) is 12.2 Å². The van der Waals surface area contributed by atoms with Crippen molar-refractivity contribution in [2.24, 2.45) is 0 Å². The average molecular weight is 307 g/mol. The number of carbonyl (C=O) groups excluding carboxylic acids is 1. The van der Waals surface area contributed by atoms with Gasteiger partial charge in [0.25, 0.3) is 0 Å².